The van der Waals surface area contributed by atoms with Gasteiger partial charge in [0.2, 0.25) is 0 Å². The molecule has 3 N–H and O–H groups in total. The molecule has 2 heteroatoms. The lowest BCUT2D eigenvalue weighted by molar-refractivity contribution is 0.266. The van der Waals surface area contributed by atoms with Gasteiger partial charge in [-0.25, -0.2) is 0 Å². The first kappa shape index (κ1) is 6.59. The molecule has 1 aliphatic carbocycles. The summed E-state index contributed by atoms with van der Waals surface area (Å²) in [5.41, 5.74) is 5.33. The van der Waals surface area contributed by atoms with Crippen LogP contribution in [-0.2, 0) is 0 Å². The first-order valence-corrected chi connectivity index (χ1v) is 3.55. The first-order valence-electron chi connectivity index (χ1n) is 3.55. The third kappa shape index (κ3) is 1.23. The minimum absolute atomic E-state index is 0.332. The second-order valence-electron chi connectivity index (χ2n) is 2.94. The summed E-state index contributed by atoms with van der Waals surface area (Å²) in [5, 5.41) is 7.15. The van der Waals surface area contributed by atoms with Gasteiger partial charge in [0.05, 0.1) is 5.84 Å². The highest BCUT2D eigenvalue weighted by molar-refractivity contribution is 5.79. The molecule has 0 aromatic carbocycles. The van der Waals surface area contributed by atoms with Gasteiger partial charge in [-0.2, -0.15) is 0 Å². The molecule has 1 aliphatic rings. The van der Waals surface area contributed by atoms with Gasteiger partial charge in [0.25, 0.3) is 0 Å². The van der Waals surface area contributed by atoms with Crippen LogP contribution in [0.1, 0.15) is 26.2 Å². The zero-order valence-corrected chi connectivity index (χ0v) is 5.85. The van der Waals surface area contributed by atoms with E-state index in [1.165, 1.54) is 19.3 Å². The van der Waals surface area contributed by atoms with Crippen molar-refractivity contribution in [3.05, 3.63) is 0 Å². The van der Waals surface area contributed by atoms with Crippen LogP contribution in [0.3, 0.4) is 0 Å². The van der Waals surface area contributed by atoms with Crippen molar-refractivity contribution in [1.82, 2.24) is 0 Å². The minimum atomic E-state index is 0.332. The number of hydrogen-bond acceptors (Lipinski definition) is 1. The number of nitrogens with one attached hydrogen (secondary N) is 1. The van der Waals surface area contributed by atoms with Crippen molar-refractivity contribution in [1.29, 1.82) is 5.41 Å². The highest BCUT2D eigenvalue weighted by Crippen LogP contribution is 2.32. The maximum atomic E-state index is 7.15. The zero-order valence-electron chi connectivity index (χ0n) is 5.85. The maximum Gasteiger partial charge on any atom is 0.0936 e. The lowest BCUT2D eigenvalue weighted by atomic mass is 9.76. The van der Waals surface area contributed by atoms with Gasteiger partial charge in [0.1, 0.15) is 0 Å². The van der Waals surface area contributed by atoms with E-state index >= 15 is 0 Å². The molecule has 0 radical (unpaired) electrons. The first-order chi connectivity index (χ1) is 4.22. The number of hydrogen-bond donors (Lipinski definition) is 2. The van der Waals surface area contributed by atoms with Crippen molar-refractivity contribution >= 4 is 5.84 Å². The Morgan fingerprint density at radius 3 is 2.33 bits per heavy atom. The van der Waals surface area contributed by atoms with E-state index in [2.05, 4.69) is 0 Å². The van der Waals surface area contributed by atoms with Crippen molar-refractivity contribution in [2.75, 3.05) is 0 Å². The Morgan fingerprint density at radius 2 is 2.22 bits per heavy atom. The van der Waals surface area contributed by atoms with Gasteiger partial charge in [-0.3, -0.25) is 5.41 Å². The second-order valence-corrected chi connectivity index (χ2v) is 2.94. The molecule has 2 nitrogen and oxygen atoms in total. The second kappa shape index (κ2) is 2.38. The maximum absolute atomic E-state index is 7.15. The van der Waals surface area contributed by atoms with Crippen LogP contribution in [0, 0.1) is 17.2 Å². The van der Waals surface area contributed by atoms with Crippen LogP contribution >= 0.6 is 0 Å². The normalized spacial score (nSPS) is 22.8. The minimum Gasteiger partial charge on any atom is -0.387 e. The van der Waals surface area contributed by atoms with Crippen molar-refractivity contribution in [2.45, 2.75) is 26.2 Å². The molecular weight excluding hydrogens is 112 g/mol. The predicted octanol–water partition coefficient (Wildman–Crippen LogP) is 1.36. The van der Waals surface area contributed by atoms with E-state index in [-0.39, 0.29) is 0 Å². The molecule has 0 bridgehead atoms. The lowest BCUT2D eigenvalue weighted by Crippen LogP contribution is -2.30. The molecule has 52 valence electrons. The monoisotopic (exact) mass is 126 g/mol. The van der Waals surface area contributed by atoms with Gasteiger partial charge in [-0.05, 0) is 18.8 Å². The number of nitrogens with two attached hydrogens (primary N) is 1. The highest BCUT2D eigenvalue weighted by Gasteiger charge is 2.25. The van der Waals surface area contributed by atoms with Crippen LogP contribution in [0.5, 0.6) is 0 Å². The van der Waals surface area contributed by atoms with E-state index in [9.17, 15) is 0 Å². The van der Waals surface area contributed by atoms with E-state index in [1.807, 2.05) is 6.92 Å². The highest BCUT2D eigenvalue weighted by atomic mass is 14.7. The fourth-order valence-corrected chi connectivity index (χ4v) is 1.19. The fourth-order valence-electron chi connectivity index (χ4n) is 1.19. The number of rotatable bonds is 2. The van der Waals surface area contributed by atoms with Crippen LogP contribution < -0.4 is 5.73 Å². The van der Waals surface area contributed by atoms with Crippen molar-refractivity contribution in [2.24, 2.45) is 17.6 Å². The van der Waals surface area contributed by atoms with Gasteiger partial charge in [0, 0.05) is 5.92 Å². The van der Waals surface area contributed by atoms with E-state index < -0.39 is 0 Å². The summed E-state index contributed by atoms with van der Waals surface area (Å²) in [6.07, 6.45) is 3.89. The lowest BCUT2D eigenvalue weighted by Gasteiger charge is -2.30. The van der Waals surface area contributed by atoms with E-state index in [1.54, 1.807) is 0 Å². The summed E-state index contributed by atoms with van der Waals surface area (Å²) in [5.74, 6) is 1.42. The average molecular weight is 126 g/mol. The van der Waals surface area contributed by atoms with Crippen LogP contribution in [0.4, 0.5) is 0 Å². The molecule has 0 heterocycles. The van der Waals surface area contributed by atoms with Crippen LogP contribution in [0.2, 0.25) is 0 Å². The Kier molecular flexibility index (Phi) is 1.74. The summed E-state index contributed by atoms with van der Waals surface area (Å²) < 4.78 is 0. The molecule has 9 heavy (non-hydrogen) atoms. The molecule has 1 atom stereocenters. The fraction of sp³-hybridized carbons (Fsp3) is 0.857. The molecule has 0 unspecified atom stereocenters. The Bertz CT molecular complexity index is 116. The summed E-state index contributed by atoms with van der Waals surface area (Å²) in [6, 6.07) is 0. The Morgan fingerprint density at radius 1 is 1.67 bits per heavy atom. The van der Waals surface area contributed by atoms with Crippen LogP contribution in [-0.4, -0.2) is 5.84 Å². The van der Waals surface area contributed by atoms with Gasteiger partial charge in [-0.15, -0.1) is 0 Å². The predicted molar refractivity (Wildman–Crippen MR) is 38.4 cm³/mol. The average Bonchev–Trinajstić information content (AvgIpc) is 1.60. The Hall–Kier alpha value is -0.530. The van der Waals surface area contributed by atoms with Crippen LogP contribution in [0.25, 0.3) is 0 Å². The summed E-state index contributed by atoms with van der Waals surface area (Å²) >= 11 is 0. The van der Waals surface area contributed by atoms with E-state index in [0.717, 1.165) is 5.92 Å². The standard InChI is InChI=1S/C7H14N2/c1-5(7(8)9)6-3-2-4-6/h5-6H,2-4H2,1H3,(H3,8,9)/t5-/m1/s1. The SMILES string of the molecule is C[C@@H](C(=N)N)C1CCC1. The molecule has 0 spiro atoms. The van der Waals surface area contributed by atoms with Crippen LogP contribution in [0.15, 0.2) is 0 Å². The largest absolute Gasteiger partial charge is 0.387 e. The van der Waals surface area contributed by atoms with E-state index in [0.29, 0.717) is 11.8 Å². The van der Waals surface area contributed by atoms with Gasteiger partial charge in [0.15, 0.2) is 0 Å². The van der Waals surface area contributed by atoms with Crippen molar-refractivity contribution < 1.29 is 0 Å². The van der Waals surface area contributed by atoms with E-state index in [4.69, 9.17) is 11.1 Å². The van der Waals surface area contributed by atoms with Crippen molar-refractivity contribution in [3.63, 3.8) is 0 Å². The number of amidine groups is 1. The van der Waals surface area contributed by atoms with Crippen molar-refractivity contribution in [3.8, 4) is 0 Å². The Labute approximate surface area is 55.9 Å². The van der Waals surface area contributed by atoms with Gasteiger partial charge in [-0.1, -0.05) is 13.3 Å². The Balaban J connectivity index is 2.32. The molecule has 0 aliphatic heterocycles. The zero-order chi connectivity index (χ0) is 6.85. The smallest absolute Gasteiger partial charge is 0.0936 e. The van der Waals surface area contributed by atoms with Gasteiger partial charge < -0.3 is 5.73 Å². The molecule has 1 rings (SSSR count). The molecule has 0 aromatic heterocycles. The third-order valence-corrected chi connectivity index (χ3v) is 2.35. The topological polar surface area (TPSA) is 49.9 Å². The third-order valence-electron chi connectivity index (χ3n) is 2.35. The molecule has 0 amide bonds. The molecule has 0 aromatic rings. The molecule has 1 saturated carbocycles. The summed E-state index contributed by atoms with van der Waals surface area (Å²) in [4.78, 5) is 0. The molecule has 1 fully saturated rings. The van der Waals surface area contributed by atoms with Gasteiger partial charge >= 0.3 is 0 Å². The molecular formula is C7H14N2. The summed E-state index contributed by atoms with van der Waals surface area (Å²) in [7, 11) is 0. The quantitative estimate of drug-likeness (QED) is 0.426. The summed E-state index contributed by atoms with van der Waals surface area (Å²) in [6.45, 7) is 2.05. The molecule has 0 saturated heterocycles.